The molecule has 30 heavy (non-hydrogen) atoms. The molecule has 157 valence electrons. The minimum absolute atomic E-state index is 0. The van der Waals surface area contributed by atoms with Crippen LogP contribution in [0.4, 0.5) is 0 Å². The maximum absolute atomic E-state index is 11.4. The van der Waals surface area contributed by atoms with Crippen LogP contribution in [0.5, 0.6) is 0 Å². The van der Waals surface area contributed by atoms with Gasteiger partial charge in [-0.1, -0.05) is 31.2 Å². The maximum atomic E-state index is 11.4. The molecule has 1 saturated carbocycles. The summed E-state index contributed by atoms with van der Waals surface area (Å²) < 4.78 is 0. The van der Waals surface area contributed by atoms with Gasteiger partial charge in [-0.05, 0) is 54.1 Å². The first-order valence-corrected chi connectivity index (χ1v) is 10.4. The van der Waals surface area contributed by atoms with Gasteiger partial charge in [0.2, 0.25) is 0 Å². The molecule has 1 radical (unpaired) electrons. The number of aromatic nitrogens is 1. The van der Waals surface area contributed by atoms with Gasteiger partial charge >= 0.3 is 0 Å². The first kappa shape index (κ1) is 22.4. The molecule has 1 N–H and O–H groups in total. The van der Waals surface area contributed by atoms with E-state index in [0.717, 1.165) is 48.9 Å². The SMILES string of the molecule is Cc1cc[c-]c(-c2nccc3ccccc23)c1.O=C1CCCC2CCCC(O)=C12.[Ir]. The predicted molar refractivity (Wildman–Crippen MR) is 117 cm³/mol. The van der Waals surface area contributed by atoms with Crippen LogP contribution in [-0.4, -0.2) is 15.9 Å². The molecule has 1 heterocycles. The Bertz CT molecular complexity index is 1070. The zero-order valence-electron chi connectivity index (χ0n) is 17.2. The second-order valence-corrected chi connectivity index (χ2v) is 7.93. The Morgan fingerprint density at radius 1 is 1.07 bits per heavy atom. The van der Waals surface area contributed by atoms with Gasteiger partial charge < -0.3 is 10.1 Å². The van der Waals surface area contributed by atoms with Crippen LogP contribution in [0.3, 0.4) is 0 Å². The van der Waals surface area contributed by atoms with Crippen LogP contribution in [0.1, 0.15) is 44.1 Å². The van der Waals surface area contributed by atoms with Crippen molar-refractivity contribution in [1.82, 2.24) is 4.98 Å². The van der Waals surface area contributed by atoms with Gasteiger partial charge in [0.1, 0.15) is 0 Å². The number of hydrogen-bond donors (Lipinski definition) is 1. The van der Waals surface area contributed by atoms with E-state index in [2.05, 4.69) is 42.2 Å². The second-order valence-electron chi connectivity index (χ2n) is 7.93. The fourth-order valence-corrected chi connectivity index (χ4v) is 4.40. The second kappa shape index (κ2) is 10.1. The molecule has 0 bridgehead atoms. The van der Waals surface area contributed by atoms with Gasteiger partial charge in [-0.3, -0.25) is 4.79 Å². The minimum atomic E-state index is 0. The zero-order valence-corrected chi connectivity index (χ0v) is 19.5. The number of rotatable bonds is 1. The number of pyridine rings is 1. The topological polar surface area (TPSA) is 50.2 Å². The average Bonchev–Trinajstić information content (AvgIpc) is 2.74. The summed E-state index contributed by atoms with van der Waals surface area (Å²) in [5.41, 5.74) is 4.06. The number of Topliss-reactive ketones (excluding diaryl/α,β-unsaturated/α-hetero) is 1. The first-order valence-electron chi connectivity index (χ1n) is 10.4. The minimum Gasteiger partial charge on any atom is -0.512 e. The third kappa shape index (κ3) is 4.88. The Hall–Kier alpha value is -2.29. The van der Waals surface area contributed by atoms with Crippen LogP contribution in [-0.2, 0) is 24.9 Å². The van der Waals surface area contributed by atoms with Gasteiger partial charge in [-0.25, -0.2) is 0 Å². The van der Waals surface area contributed by atoms with E-state index in [-0.39, 0.29) is 25.9 Å². The summed E-state index contributed by atoms with van der Waals surface area (Å²) in [4.78, 5) is 15.9. The van der Waals surface area contributed by atoms with E-state index in [1.165, 1.54) is 16.3 Å². The first-order chi connectivity index (χ1) is 14.1. The quantitative estimate of drug-likeness (QED) is 0.343. The van der Waals surface area contributed by atoms with Crippen molar-refractivity contribution in [3.8, 4) is 11.3 Å². The number of aliphatic hydroxyl groups excluding tert-OH is 1. The normalized spacial score (nSPS) is 18.2. The largest absolute Gasteiger partial charge is 0.512 e. The number of ketones is 1. The van der Waals surface area contributed by atoms with E-state index < -0.39 is 0 Å². The van der Waals surface area contributed by atoms with Gasteiger partial charge in [0, 0.05) is 44.7 Å². The van der Waals surface area contributed by atoms with Gasteiger partial charge in [0.05, 0.1) is 5.76 Å². The molecular weight excluding hydrogens is 551 g/mol. The molecule has 2 aliphatic carbocycles. The van der Waals surface area contributed by atoms with Crippen molar-refractivity contribution < 1.29 is 30.0 Å². The molecule has 0 aliphatic heterocycles. The number of hydrogen-bond acceptors (Lipinski definition) is 3. The summed E-state index contributed by atoms with van der Waals surface area (Å²) in [6.45, 7) is 2.09. The predicted octanol–water partition coefficient (Wildman–Crippen LogP) is 6.36. The molecule has 0 spiro atoms. The van der Waals surface area contributed by atoms with E-state index in [9.17, 15) is 9.90 Å². The number of carbonyl (C=O) groups is 1. The molecule has 4 heteroatoms. The number of aryl methyl sites for hydroxylation is 1. The molecule has 1 unspecified atom stereocenters. The van der Waals surface area contributed by atoms with Crippen molar-refractivity contribution in [2.75, 3.05) is 0 Å². The van der Waals surface area contributed by atoms with Crippen molar-refractivity contribution in [3.05, 3.63) is 77.7 Å². The molecule has 1 aromatic heterocycles. The molecule has 0 saturated heterocycles. The molecule has 2 aliphatic rings. The summed E-state index contributed by atoms with van der Waals surface area (Å²) in [6.07, 6.45) is 7.49. The van der Waals surface area contributed by atoms with E-state index in [1.54, 1.807) is 0 Å². The van der Waals surface area contributed by atoms with Crippen LogP contribution < -0.4 is 0 Å². The average molecular weight is 577 g/mol. The van der Waals surface area contributed by atoms with E-state index in [1.807, 2.05) is 30.5 Å². The van der Waals surface area contributed by atoms with E-state index >= 15 is 0 Å². The number of benzene rings is 2. The summed E-state index contributed by atoms with van der Waals surface area (Å²) >= 11 is 0. The van der Waals surface area contributed by atoms with Gasteiger partial charge in [-0.2, -0.15) is 0 Å². The number of nitrogens with zero attached hydrogens (tertiary/aromatic N) is 1. The van der Waals surface area contributed by atoms with Crippen molar-refractivity contribution in [2.45, 2.75) is 45.4 Å². The Labute approximate surface area is 191 Å². The maximum Gasteiger partial charge on any atom is 0.162 e. The van der Waals surface area contributed by atoms with Crippen LogP contribution >= 0.6 is 0 Å². The molecular formula is C26H26IrNO2-. The fraction of sp³-hybridized carbons (Fsp3) is 0.308. The van der Waals surface area contributed by atoms with Crippen LogP contribution in [0, 0.1) is 18.9 Å². The van der Waals surface area contributed by atoms with Crippen molar-refractivity contribution >= 4 is 16.6 Å². The smallest absolute Gasteiger partial charge is 0.162 e. The molecule has 3 nitrogen and oxygen atoms in total. The summed E-state index contributed by atoms with van der Waals surface area (Å²) in [5, 5.41) is 11.9. The number of fused-ring (bicyclic) bond motifs is 2. The van der Waals surface area contributed by atoms with Crippen molar-refractivity contribution in [1.29, 1.82) is 0 Å². The third-order valence-corrected chi connectivity index (χ3v) is 5.83. The van der Waals surface area contributed by atoms with Crippen molar-refractivity contribution in [3.63, 3.8) is 0 Å². The monoisotopic (exact) mass is 577 g/mol. The Morgan fingerprint density at radius 3 is 2.60 bits per heavy atom. The standard InChI is InChI=1S/C16H12N.C10H14O2.Ir/c1-12-5-4-7-14(11-12)16-15-8-3-2-6-13(15)9-10-17-16;11-8-5-1-3-7-4-2-6-9(12)10(7)8;/h2-6,8-11H,1H3;7,11H,1-6H2;/q-1;;. The van der Waals surface area contributed by atoms with Crippen molar-refractivity contribution in [2.24, 2.45) is 5.92 Å². The Morgan fingerprint density at radius 2 is 1.83 bits per heavy atom. The Kier molecular flexibility index (Phi) is 7.58. The molecule has 5 rings (SSSR count). The Balaban J connectivity index is 0.000000175. The molecule has 0 amide bonds. The van der Waals surface area contributed by atoms with Gasteiger partial charge in [-0.15, -0.1) is 35.4 Å². The van der Waals surface area contributed by atoms with Crippen LogP contribution in [0.2, 0.25) is 0 Å². The molecule has 1 atom stereocenters. The van der Waals surface area contributed by atoms with E-state index in [4.69, 9.17) is 0 Å². The van der Waals surface area contributed by atoms with Crippen LogP contribution in [0.25, 0.3) is 22.0 Å². The summed E-state index contributed by atoms with van der Waals surface area (Å²) in [6, 6.07) is 19.7. The van der Waals surface area contributed by atoms with E-state index in [0.29, 0.717) is 18.1 Å². The zero-order chi connectivity index (χ0) is 20.2. The molecule has 1 fully saturated rings. The molecule has 3 aromatic rings. The molecule has 2 aromatic carbocycles. The summed E-state index contributed by atoms with van der Waals surface area (Å²) in [7, 11) is 0. The number of aliphatic hydroxyl groups is 1. The van der Waals surface area contributed by atoms with Crippen LogP contribution in [0.15, 0.2) is 66.1 Å². The number of carbonyl (C=O) groups excluding carboxylic acids is 1. The van der Waals surface area contributed by atoms with Gasteiger partial charge in [0.25, 0.3) is 0 Å². The fourth-order valence-electron chi connectivity index (χ4n) is 4.40. The van der Waals surface area contributed by atoms with Gasteiger partial charge in [0.15, 0.2) is 5.78 Å². The summed E-state index contributed by atoms with van der Waals surface area (Å²) in [5.74, 6) is 0.972. The number of allylic oxidation sites excluding steroid dienone is 2. The third-order valence-electron chi connectivity index (χ3n) is 5.83.